The summed E-state index contributed by atoms with van der Waals surface area (Å²) in [5, 5.41) is 0. The largest absolute Gasteiger partial charge is 0.348 e. The molecule has 5 unspecified atom stereocenters. The Hall–Kier alpha value is -0.340. The minimum Gasteiger partial charge on any atom is -0.348 e. The van der Waals surface area contributed by atoms with Gasteiger partial charge in [-0.1, -0.05) is 45.8 Å². The Morgan fingerprint density at radius 3 is 2.44 bits per heavy atom. The highest BCUT2D eigenvalue weighted by atomic mass is 16.7. The minimum atomic E-state index is -0.407. The van der Waals surface area contributed by atoms with Gasteiger partial charge in [-0.05, 0) is 80.5 Å². The van der Waals surface area contributed by atoms with Gasteiger partial charge in [-0.2, -0.15) is 0 Å². The molecular weight excluding hydrogens is 308 g/mol. The van der Waals surface area contributed by atoms with E-state index in [0.717, 1.165) is 18.4 Å². The molecule has 0 spiro atoms. The summed E-state index contributed by atoms with van der Waals surface area (Å²) < 4.78 is 12.2. The van der Waals surface area contributed by atoms with Crippen molar-refractivity contribution in [1.29, 1.82) is 0 Å². The molecule has 3 fully saturated rings. The monoisotopic (exact) mass is 346 g/mol. The average molecular weight is 347 g/mol. The van der Waals surface area contributed by atoms with E-state index in [1.807, 2.05) is 0 Å². The lowest BCUT2D eigenvalue weighted by molar-refractivity contribution is -0.157. The quantitative estimate of drug-likeness (QED) is 0.533. The van der Waals surface area contributed by atoms with Crippen LogP contribution in [0.2, 0.25) is 0 Å². The van der Waals surface area contributed by atoms with Crippen LogP contribution in [0.3, 0.4) is 0 Å². The lowest BCUT2D eigenvalue weighted by Crippen LogP contribution is -2.51. The van der Waals surface area contributed by atoms with Gasteiger partial charge < -0.3 is 9.47 Å². The van der Waals surface area contributed by atoms with Gasteiger partial charge in [-0.3, -0.25) is 0 Å². The van der Waals surface area contributed by atoms with Crippen LogP contribution in [0.15, 0.2) is 11.6 Å². The van der Waals surface area contributed by atoms with Crippen molar-refractivity contribution in [2.75, 3.05) is 6.61 Å². The second kappa shape index (κ2) is 5.58. The van der Waals surface area contributed by atoms with E-state index in [1.54, 1.807) is 5.57 Å². The number of hydrogen-bond acceptors (Lipinski definition) is 2. The summed E-state index contributed by atoms with van der Waals surface area (Å²) in [5.74, 6) is 1.25. The van der Waals surface area contributed by atoms with Crippen molar-refractivity contribution in [3.8, 4) is 0 Å². The predicted octanol–water partition coefficient (Wildman–Crippen LogP) is 6.11. The van der Waals surface area contributed by atoms with Gasteiger partial charge in [0.2, 0.25) is 0 Å². The van der Waals surface area contributed by atoms with E-state index in [1.165, 1.54) is 44.9 Å². The van der Waals surface area contributed by atoms with Crippen LogP contribution in [0.5, 0.6) is 0 Å². The van der Waals surface area contributed by atoms with E-state index in [9.17, 15) is 0 Å². The molecule has 2 saturated carbocycles. The number of rotatable bonds is 1. The van der Waals surface area contributed by atoms with E-state index in [-0.39, 0.29) is 11.5 Å². The van der Waals surface area contributed by atoms with Gasteiger partial charge in [0.05, 0.1) is 12.7 Å². The summed E-state index contributed by atoms with van der Waals surface area (Å²) in [6, 6.07) is 0. The van der Waals surface area contributed by atoms with Crippen LogP contribution in [0, 0.1) is 28.1 Å². The maximum atomic E-state index is 6.29. The Kier molecular flexibility index (Phi) is 4.03. The summed E-state index contributed by atoms with van der Waals surface area (Å²) in [6.45, 7) is 15.0. The first-order chi connectivity index (χ1) is 11.6. The molecule has 3 aliphatic carbocycles. The first-order valence-electron chi connectivity index (χ1n) is 10.6. The fraction of sp³-hybridized carbons (Fsp3) is 0.913. The Labute approximate surface area is 154 Å². The number of hydrogen-bond donors (Lipinski definition) is 0. The van der Waals surface area contributed by atoms with E-state index >= 15 is 0 Å². The molecule has 0 aromatic heterocycles. The maximum absolute atomic E-state index is 6.29. The molecule has 2 nitrogen and oxygen atoms in total. The normalized spacial score (nSPS) is 48.4. The third-order valence-electron chi connectivity index (χ3n) is 8.53. The van der Waals surface area contributed by atoms with Crippen molar-refractivity contribution in [3.63, 3.8) is 0 Å². The topological polar surface area (TPSA) is 18.5 Å². The summed E-state index contributed by atoms with van der Waals surface area (Å²) in [4.78, 5) is 0. The molecule has 0 radical (unpaired) electrons. The Balaban J connectivity index is 1.58. The van der Waals surface area contributed by atoms with Crippen LogP contribution < -0.4 is 0 Å². The lowest BCUT2D eigenvalue weighted by atomic mass is 9.45. The van der Waals surface area contributed by atoms with Crippen LogP contribution in [0.1, 0.15) is 86.5 Å². The molecule has 4 aliphatic rings. The van der Waals surface area contributed by atoms with Crippen LogP contribution in [0.4, 0.5) is 0 Å². The highest BCUT2D eigenvalue weighted by Gasteiger charge is 2.56. The molecule has 1 heterocycles. The van der Waals surface area contributed by atoms with Gasteiger partial charge in [0.1, 0.15) is 0 Å². The second-order valence-electron chi connectivity index (χ2n) is 11.2. The third kappa shape index (κ3) is 2.83. The highest BCUT2D eigenvalue weighted by Crippen LogP contribution is 2.64. The fourth-order valence-electron chi connectivity index (χ4n) is 7.05. The first kappa shape index (κ1) is 18.0. The molecule has 0 aromatic rings. The van der Waals surface area contributed by atoms with E-state index in [0.29, 0.717) is 10.8 Å². The van der Waals surface area contributed by atoms with Crippen molar-refractivity contribution < 1.29 is 9.47 Å². The number of allylic oxidation sites excluding steroid dienone is 2. The Morgan fingerprint density at radius 2 is 1.76 bits per heavy atom. The molecule has 4 rings (SSSR count). The van der Waals surface area contributed by atoms with Gasteiger partial charge >= 0.3 is 0 Å². The molecule has 5 atom stereocenters. The smallest absolute Gasteiger partial charge is 0.163 e. The number of fused-ring (bicyclic) bond motifs is 3. The van der Waals surface area contributed by atoms with E-state index in [4.69, 9.17) is 9.47 Å². The second-order valence-corrected chi connectivity index (χ2v) is 11.2. The standard InChI is InChI=1S/C23H38O2/c1-20(2)11-7-12-23(6)17-10-13-22(5,14-16(17)8-9-18(20)23)19-15-24-21(3,4)25-19/h8,17-19H,7,9-15H2,1-6H3. The van der Waals surface area contributed by atoms with Gasteiger partial charge in [-0.15, -0.1) is 0 Å². The molecule has 1 saturated heterocycles. The molecule has 0 N–H and O–H groups in total. The zero-order valence-electron chi connectivity index (χ0n) is 17.3. The summed E-state index contributed by atoms with van der Waals surface area (Å²) in [5.41, 5.74) is 3.00. The van der Waals surface area contributed by atoms with Crippen LogP contribution in [-0.4, -0.2) is 18.5 Å². The molecule has 0 bridgehead atoms. The molecule has 2 heteroatoms. The molecule has 25 heavy (non-hydrogen) atoms. The van der Waals surface area contributed by atoms with Crippen molar-refractivity contribution in [3.05, 3.63) is 11.6 Å². The van der Waals surface area contributed by atoms with Gasteiger partial charge in [0.25, 0.3) is 0 Å². The Bertz CT molecular complexity index is 575. The van der Waals surface area contributed by atoms with E-state index < -0.39 is 5.79 Å². The minimum absolute atomic E-state index is 0.240. The van der Waals surface area contributed by atoms with Gasteiger partial charge in [-0.25, -0.2) is 0 Å². The number of ether oxygens (including phenoxy) is 2. The first-order valence-corrected chi connectivity index (χ1v) is 10.6. The van der Waals surface area contributed by atoms with Crippen molar-refractivity contribution in [2.45, 2.75) is 98.4 Å². The summed E-state index contributed by atoms with van der Waals surface area (Å²) in [6.07, 6.45) is 12.3. The van der Waals surface area contributed by atoms with Gasteiger partial charge in [0.15, 0.2) is 5.79 Å². The van der Waals surface area contributed by atoms with Crippen LogP contribution in [0.25, 0.3) is 0 Å². The SMILES string of the molecule is CC1(C)OCC(C2(C)CCC3C(=CCC4C(C)(C)CCCC34C)C2)O1. The molecule has 0 aromatic carbocycles. The zero-order chi connectivity index (χ0) is 18.1. The lowest BCUT2D eigenvalue weighted by Gasteiger charge is -2.59. The predicted molar refractivity (Wildman–Crippen MR) is 102 cm³/mol. The molecule has 1 aliphatic heterocycles. The van der Waals surface area contributed by atoms with Crippen molar-refractivity contribution >= 4 is 0 Å². The molecular formula is C23H38O2. The summed E-state index contributed by atoms with van der Waals surface area (Å²) >= 11 is 0. The molecule has 142 valence electrons. The fourth-order valence-corrected chi connectivity index (χ4v) is 7.05. The average Bonchev–Trinajstić information content (AvgIpc) is 2.87. The summed E-state index contributed by atoms with van der Waals surface area (Å²) in [7, 11) is 0. The highest BCUT2D eigenvalue weighted by molar-refractivity contribution is 5.24. The molecule has 0 amide bonds. The van der Waals surface area contributed by atoms with Crippen LogP contribution >= 0.6 is 0 Å². The van der Waals surface area contributed by atoms with Crippen molar-refractivity contribution in [1.82, 2.24) is 0 Å². The van der Waals surface area contributed by atoms with E-state index in [2.05, 4.69) is 47.6 Å². The van der Waals surface area contributed by atoms with Gasteiger partial charge in [0, 0.05) is 0 Å². The van der Waals surface area contributed by atoms with Crippen LogP contribution in [-0.2, 0) is 9.47 Å². The third-order valence-corrected chi connectivity index (χ3v) is 8.53. The van der Waals surface area contributed by atoms with Crippen molar-refractivity contribution in [2.24, 2.45) is 28.1 Å². The zero-order valence-corrected chi connectivity index (χ0v) is 17.3. The maximum Gasteiger partial charge on any atom is 0.163 e. The Morgan fingerprint density at radius 1 is 1.00 bits per heavy atom.